The van der Waals surface area contributed by atoms with Crippen molar-refractivity contribution in [1.82, 2.24) is 24.5 Å². The van der Waals surface area contributed by atoms with E-state index in [9.17, 15) is 0 Å². The number of imidazole rings is 1. The summed E-state index contributed by atoms with van der Waals surface area (Å²) in [6.45, 7) is 8.43. The second kappa shape index (κ2) is 10.8. The molecule has 0 atom stereocenters. The number of rotatable bonds is 5. The Balaban J connectivity index is 1.41. The van der Waals surface area contributed by atoms with Crippen LogP contribution in [-0.4, -0.2) is 24.5 Å². The van der Waals surface area contributed by atoms with Crippen molar-refractivity contribution in [1.29, 1.82) is 0 Å². The highest BCUT2D eigenvalue weighted by Crippen LogP contribution is 2.32. The van der Waals surface area contributed by atoms with Gasteiger partial charge in [0.05, 0.1) is 11.0 Å². The van der Waals surface area contributed by atoms with Crippen LogP contribution >= 0.6 is 0 Å². The Morgan fingerprint density at radius 3 is 1.56 bits per heavy atom. The molecule has 0 N–H and O–H groups in total. The maximum atomic E-state index is 5.11. The number of hydrogen-bond donors (Lipinski definition) is 0. The van der Waals surface area contributed by atoms with E-state index in [1.54, 1.807) is 0 Å². The minimum Gasteiger partial charge on any atom is -0.292 e. The Bertz CT molecular complexity index is 2020. The molecule has 0 saturated heterocycles. The normalized spacial score (nSPS) is 11.3. The zero-order chi connectivity index (χ0) is 29.5. The number of aryl methyl sites for hydroxylation is 4. The molecule has 0 unspecified atom stereocenters. The average molecular weight is 558 g/mol. The molecule has 0 saturated carbocycles. The molecule has 5 heteroatoms. The lowest BCUT2D eigenvalue weighted by Crippen LogP contribution is -2.01. The zero-order valence-electron chi connectivity index (χ0n) is 24.7. The maximum absolute atomic E-state index is 5.11. The summed E-state index contributed by atoms with van der Waals surface area (Å²) in [7, 11) is 0. The Morgan fingerprint density at radius 1 is 0.419 bits per heavy atom. The highest BCUT2D eigenvalue weighted by molar-refractivity contribution is 5.84. The van der Waals surface area contributed by atoms with Gasteiger partial charge in [0.1, 0.15) is 5.82 Å². The van der Waals surface area contributed by atoms with Crippen molar-refractivity contribution >= 4 is 11.0 Å². The molecule has 2 heterocycles. The Labute approximate surface area is 251 Å². The van der Waals surface area contributed by atoms with Crippen molar-refractivity contribution < 1.29 is 0 Å². The van der Waals surface area contributed by atoms with Crippen LogP contribution in [0.15, 0.2) is 115 Å². The topological polar surface area (TPSA) is 56.5 Å². The molecule has 5 nitrogen and oxygen atoms in total. The standard InChI is InChI=1S/C38H31N5/c1-24-12-16-28(17-13-24)35-40-36(29-18-14-25(2)15-19-29)42-37(41-35)30-8-7-9-31(23-30)38-39-33-10-5-6-11-34(33)43(38)32-21-26(3)20-27(4)22-32/h5-23H,1-4H3. The van der Waals surface area contributed by atoms with Crippen LogP contribution < -0.4 is 0 Å². The van der Waals surface area contributed by atoms with E-state index in [0.29, 0.717) is 17.5 Å². The van der Waals surface area contributed by atoms with Gasteiger partial charge in [-0.05, 0) is 69.2 Å². The molecule has 7 aromatic rings. The number of aromatic nitrogens is 5. The molecule has 0 amide bonds. The van der Waals surface area contributed by atoms with E-state index in [-0.39, 0.29) is 0 Å². The van der Waals surface area contributed by atoms with Crippen LogP contribution in [-0.2, 0) is 0 Å². The maximum Gasteiger partial charge on any atom is 0.164 e. The lowest BCUT2D eigenvalue weighted by atomic mass is 10.1. The molecule has 7 rings (SSSR count). The smallest absolute Gasteiger partial charge is 0.164 e. The van der Waals surface area contributed by atoms with E-state index in [4.69, 9.17) is 19.9 Å². The van der Waals surface area contributed by atoms with Crippen LogP contribution in [0.2, 0.25) is 0 Å². The second-order valence-corrected chi connectivity index (χ2v) is 11.2. The monoisotopic (exact) mass is 557 g/mol. The highest BCUT2D eigenvalue weighted by atomic mass is 15.1. The zero-order valence-corrected chi connectivity index (χ0v) is 24.7. The third-order valence-electron chi connectivity index (χ3n) is 7.66. The van der Waals surface area contributed by atoms with E-state index < -0.39 is 0 Å². The SMILES string of the molecule is Cc1ccc(-c2nc(-c3ccc(C)cc3)nc(-c3cccc(-c4nc5ccccc5n4-c4cc(C)cc(C)c4)c3)n2)cc1. The van der Waals surface area contributed by atoms with Gasteiger partial charge in [-0.3, -0.25) is 4.57 Å². The first-order chi connectivity index (χ1) is 20.9. The molecule has 208 valence electrons. The summed E-state index contributed by atoms with van der Waals surface area (Å²) in [4.78, 5) is 20.0. The van der Waals surface area contributed by atoms with Crippen LogP contribution in [0.25, 0.3) is 62.3 Å². The van der Waals surface area contributed by atoms with Crippen LogP contribution in [0.1, 0.15) is 22.3 Å². The predicted molar refractivity (Wildman–Crippen MR) is 175 cm³/mol. The predicted octanol–water partition coefficient (Wildman–Crippen LogP) is 9.11. The summed E-state index contributed by atoms with van der Waals surface area (Å²) in [5.41, 5.74) is 11.7. The Morgan fingerprint density at radius 2 is 0.953 bits per heavy atom. The van der Waals surface area contributed by atoms with Gasteiger partial charge in [-0.2, -0.15) is 0 Å². The first-order valence-electron chi connectivity index (χ1n) is 14.5. The van der Waals surface area contributed by atoms with Crippen molar-refractivity contribution in [2.45, 2.75) is 27.7 Å². The molecule has 0 aliphatic carbocycles. The van der Waals surface area contributed by atoms with Gasteiger partial charge < -0.3 is 0 Å². The van der Waals surface area contributed by atoms with Crippen molar-refractivity contribution in [3.63, 3.8) is 0 Å². The van der Waals surface area contributed by atoms with Gasteiger partial charge in [-0.15, -0.1) is 0 Å². The molecule has 0 aliphatic heterocycles. The van der Waals surface area contributed by atoms with E-state index in [0.717, 1.165) is 44.8 Å². The largest absolute Gasteiger partial charge is 0.292 e. The van der Waals surface area contributed by atoms with Gasteiger partial charge in [-0.25, -0.2) is 19.9 Å². The van der Waals surface area contributed by atoms with Gasteiger partial charge in [0, 0.05) is 27.9 Å². The van der Waals surface area contributed by atoms with Gasteiger partial charge in [0.2, 0.25) is 0 Å². The fourth-order valence-electron chi connectivity index (χ4n) is 5.53. The summed E-state index contributed by atoms with van der Waals surface area (Å²) in [6.07, 6.45) is 0. The molecule has 5 aromatic carbocycles. The number of hydrogen-bond acceptors (Lipinski definition) is 4. The molecule has 0 bridgehead atoms. The van der Waals surface area contributed by atoms with E-state index in [1.165, 1.54) is 22.3 Å². The first kappa shape index (κ1) is 26.5. The number of fused-ring (bicyclic) bond motifs is 1. The molecule has 2 aromatic heterocycles. The minimum atomic E-state index is 0.622. The van der Waals surface area contributed by atoms with Crippen LogP contribution in [0, 0.1) is 27.7 Å². The first-order valence-corrected chi connectivity index (χ1v) is 14.5. The van der Waals surface area contributed by atoms with Crippen molar-refractivity contribution in [3.05, 3.63) is 138 Å². The molecule has 0 aliphatic rings. The van der Waals surface area contributed by atoms with Crippen molar-refractivity contribution in [2.24, 2.45) is 0 Å². The minimum absolute atomic E-state index is 0.622. The average Bonchev–Trinajstić information content (AvgIpc) is 3.41. The van der Waals surface area contributed by atoms with E-state index >= 15 is 0 Å². The molecule has 0 spiro atoms. The van der Waals surface area contributed by atoms with Crippen LogP contribution in [0.4, 0.5) is 0 Å². The fourth-order valence-corrected chi connectivity index (χ4v) is 5.53. The van der Waals surface area contributed by atoms with E-state index in [2.05, 4.69) is 141 Å². The molecular formula is C38H31N5. The molecule has 43 heavy (non-hydrogen) atoms. The van der Waals surface area contributed by atoms with Crippen molar-refractivity contribution in [2.75, 3.05) is 0 Å². The Hall–Kier alpha value is -5.42. The third kappa shape index (κ3) is 5.22. The molecule has 0 radical (unpaired) electrons. The Kier molecular flexibility index (Phi) is 6.63. The third-order valence-corrected chi connectivity index (χ3v) is 7.66. The van der Waals surface area contributed by atoms with Crippen LogP contribution in [0.3, 0.4) is 0 Å². The van der Waals surface area contributed by atoms with Gasteiger partial charge in [0.15, 0.2) is 17.5 Å². The highest BCUT2D eigenvalue weighted by Gasteiger charge is 2.17. The van der Waals surface area contributed by atoms with Gasteiger partial charge in [-0.1, -0.05) is 96.1 Å². The summed E-state index contributed by atoms with van der Waals surface area (Å²) in [5, 5.41) is 0. The summed E-state index contributed by atoms with van der Waals surface area (Å²) in [6, 6.07) is 39.9. The second-order valence-electron chi connectivity index (χ2n) is 11.2. The number of benzene rings is 5. The summed E-state index contributed by atoms with van der Waals surface area (Å²) >= 11 is 0. The van der Waals surface area contributed by atoms with Crippen LogP contribution in [0.5, 0.6) is 0 Å². The fraction of sp³-hybridized carbons (Fsp3) is 0.105. The van der Waals surface area contributed by atoms with Gasteiger partial charge >= 0.3 is 0 Å². The molecule has 0 fully saturated rings. The summed E-state index contributed by atoms with van der Waals surface area (Å²) < 4.78 is 2.25. The number of nitrogens with zero attached hydrogens (tertiary/aromatic N) is 5. The van der Waals surface area contributed by atoms with Gasteiger partial charge in [0.25, 0.3) is 0 Å². The quantitative estimate of drug-likeness (QED) is 0.212. The summed E-state index contributed by atoms with van der Waals surface area (Å²) in [5.74, 6) is 2.79. The van der Waals surface area contributed by atoms with E-state index in [1.807, 2.05) is 6.07 Å². The van der Waals surface area contributed by atoms with Crippen molar-refractivity contribution in [3.8, 4) is 51.2 Å². The number of para-hydroxylation sites is 2. The lowest BCUT2D eigenvalue weighted by Gasteiger charge is -2.13. The molecular weight excluding hydrogens is 526 g/mol. The lowest BCUT2D eigenvalue weighted by molar-refractivity contribution is 1.07.